The summed E-state index contributed by atoms with van der Waals surface area (Å²) in [6, 6.07) is 3.40. The molecule has 1 aromatic carbocycles. The van der Waals surface area contributed by atoms with Crippen LogP contribution < -0.4 is 9.04 Å². The molecule has 0 aromatic heterocycles. The summed E-state index contributed by atoms with van der Waals surface area (Å²) in [4.78, 5) is 0. The van der Waals surface area contributed by atoms with Gasteiger partial charge in [0.05, 0.1) is 23.5 Å². The third kappa shape index (κ3) is 2.70. The van der Waals surface area contributed by atoms with Crippen LogP contribution in [-0.4, -0.2) is 27.3 Å². The molecule has 2 rings (SSSR count). The quantitative estimate of drug-likeness (QED) is 0.862. The van der Waals surface area contributed by atoms with Crippen molar-refractivity contribution >= 4 is 15.7 Å². The van der Waals surface area contributed by atoms with Crippen LogP contribution >= 0.6 is 0 Å². The maximum Gasteiger partial charge on any atom is 0.420 e. The molecule has 0 radical (unpaired) electrons. The van der Waals surface area contributed by atoms with Gasteiger partial charge in [0.1, 0.15) is 6.61 Å². The number of anilines is 1. The third-order valence-electron chi connectivity index (χ3n) is 2.91. The fourth-order valence-electron chi connectivity index (χ4n) is 2.10. The average Bonchev–Trinajstić information content (AvgIpc) is 2.36. The van der Waals surface area contributed by atoms with Gasteiger partial charge in [-0.05, 0) is 18.6 Å². The van der Waals surface area contributed by atoms with E-state index < -0.39 is 27.5 Å². The lowest BCUT2D eigenvalue weighted by Gasteiger charge is -2.31. The van der Waals surface area contributed by atoms with Gasteiger partial charge in [0.2, 0.25) is 10.0 Å². The summed E-state index contributed by atoms with van der Waals surface area (Å²) >= 11 is 0. The van der Waals surface area contributed by atoms with Crippen LogP contribution in [0.2, 0.25) is 0 Å². The Labute approximate surface area is 115 Å². The lowest BCUT2D eigenvalue weighted by atomic mass is 10.1. The number of ether oxygens (including phenoxy) is 1. The van der Waals surface area contributed by atoms with Gasteiger partial charge >= 0.3 is 6.18 Å². The zero-order chi connectivity index (χ0) is 15.0. The Kier molecular flexibility index (Phi) is 3.86. The van der Waals surface area contributed by atoms with Crippen molar-refractivity contribution in [2.45, 2.75) is 19.5 Å². The maximum absolute atomic E-state index is 12.9. The molecule has 1 aliphatic heterocycles. The molecule has 0 aliphatic carbocycles. The Morgan fingerprint density at radius 3 is 2.65 bits per heavy atom. The lowest BCUT2D eigenvalue weighted by Crippen LogP contribution is -2.39. The van der Waals surface area contributed by atoms with E-state index in [0.717, 1.165) is 10.4 Å². The van der Waals surface area contributed by atoms with Gasteiger partial charge in [-0.2, -0.15) is 13.2 Å². The van der Waals surface area contributed by atoms with E-state index in [9.17, 15) is 21.6 Å². The number of hydrogen-bond acceptors (Lipinski definition) is 3. The topological polar surface area (TPSA) is 46.6 Å². The number of nitrogens with zero attached hydrogens (tertiary/aromatic N) is 1. The fraction of sp³-hybridized carbons (Fsp3) is 0.500. The van der Waals surface area contributed by atoms with Crippen LogP contribution in [0.15, 0.2) is 18.2 Å². The van der Waals surface area contributed by atoms with Gasteiger partial charge in [-0.1, -0.05) is 13.0 Å². The molecule has 0 amide bonds. The molecule has 0 saturated heterocycles. The summed E-state index contributed by atoms with van der Waals surface area (Å²) in [6.07, 6.45) is -4.18. The normalized spacial score (nSPS) is 15.7. The summed E-state index contributed by atoms with van der Waals surface area (Å²) < 4.78 is 69.0. The second kappa shape index (κ2) is 5.16. The van der Waals surface area contributed by atoms with E-state index in [1.807, 2.05) is 0 Å². The van der Waals surface area contributed by atoms with Gasteiger partial charge in [-0.15, -0.1) is 0 Å². The molecular weight excluding hydrogens is 295 g/mol. The molecule has 0 N–H and O–H groups in total. The van der Waals surface area contributed by atoms with Gasteiger partial charge in [0, 0.05) is 0 Å². The third-order valence-corrected chi connectivity index (χ3v) is 4.88. The zero-order valence-electron chi connectivity index (χ0n) is 10.8. The van der Waals surface area contributed by atoms with Crippen molar-refractivity contribution in [1.82, 2.24) is 0 Å². The highest BCUT2D eigenvalue weighted by Crippen LogP contribution is 2.43. The highest BCUT2D eigenvalue weighted by molar-refractivity contribution is 7.92. The van der Waals surface area contributed by atoms with Gasteiger partial charge in [-0.25, -0.2) is 8.42 Å². The molecule has 0 saturated carbocycles. The van der Waals surface area contributed by atoms with Gasteiger partial charge in [-0.3, -0.25) is 4.31 Å². The predicted octanol–water partition coefficient (Wildman–Crippen LogP) is 2.64. The fourth-order valence-corrected chi connectivity index (χ4v) is 3.64. The summed E-state index contributed by atoms with van der Waals surface area (Å²) in [5.74, 6) is -0.520. The van der Waals surface area contributed by atoms with Crippen molar-refractivity contribution in [2.75, 3.05) is 23.2 Å². The molecule has 0 atom stereocenters. The monoisotopic (exact) mass is 309 g/mol. The van der Waals surface area contributed by atoms with Crippen molar-refractivity contribution in [3.8, 4) is 5.75 Å². The summed E-state index contributed by atoms with van der Waals surface area (Å²) in [5, 5.41) is 0. The number of alkyl halides is 3. The van der Waals surface area contributed by atoms with Crippen LogP contribution in [0.1, 0.15) is 18.9 Å². The van der Waals surface area contributed by atoms with Gasteiger partial charge in [0.25, 0.3) is 0 Å². The Hall–Kier alpha value is -1.44. The number of fused-ring (bicyclic) bond motifs is 1. The predicted molar refractivity (Wildman–Crippen MR) is 68.4 cm³/mol. The molecular formula is C12H14F3NO3S. The molecule has 0 fully saturated rings. The Bertz CT molecular complexity index is 598. The van der Waals surface area contributed by atoms with Crippen molar-refractivity contribution in [1.29, 1.82) is 0 Å². The van der Waals surface area contributed by atoms with Gasteiger partial charge < -0.3 is 4.74 Å². The molecule has 4 nitrogen and oxygen atoms in total. The maximum atomic E-state index is 12.9. The molecule has 8 heteroatoms. The largest absolute Gasteiger partial charge is 0.489 e. The average molecular weight is 309 g/mol. The number of rotatable bonds is 3. The molecule has 20 heavy (non-hydrogen) atoms. The molecule has 1 aromatic rings. The first-order valence-corrected chi connectivity index (χ1v) is 7.71. The first-order chi connectivity index (χ1) is 9.27. The Balaban J connectivity index is 2.53. The zero-order valence-corrected chi connectivity index (χ0v) is 11.6. The molecule has 0 bridgehead atoms. The summed E-state index contributed by atoms with van der Waals surface area (Å²) in [5.41, 5.74) is -0.995. The summed E-state index contributed by atoms with van der Waals surface area (Å²) in [6.45, 7) is 1.63. The number of para-hydroxylation sites is 1. The van der Waals surface area contributed by atoms with Crippen molar-refractivity contribution in [2.24, 2.45) is 0 Å². The lowest BCUT2D eigenvalue weighted by molar-refractivity contribution is -0.139. The van der Waals surface area contributed by atoms with Crippen molar-refractivity contribution in [3.05, 3.63) is 23.8 Å². The van der Waals surface area contributed by atoms with E-state index in [0.29, 0.717) is 6.42 Å². The van der Waals surface area contributed by atoms with Gasteiger partial charge in [0.15, 0.2) is 5.75 Å². The van der Waals surface area contributed by atoms with Crippen LogP contribution in [-0.2, 0) is 16.2 Å². The first kappa shape index (κ1) is 15.0. The van der Waals surface area contributed by atoms with Crippen LogP contribution in [0, 0.1) is 0 Å². The van der Waals surface area contributed by atoms with E-state index in [1.54, 1.807) is 6.92 Å². The van der Waals surface area contributed by atoms with Crippen molar-refractivity contribution in [3.63, 3.8) is 0 Å². The van der Waals surface area contributed by atoms with E-state index in [4.69, 9.17) is 4.74 Å². The number of halogens is 3. The standard InChI is InChI=1S/C12H14F3NO3S/c1-2-8-20(17,18)16-6-7-19-11-9(12(13,14)15)4-3-5-10(11)16/h3-5H,2,6-8H2,1H3. The van der Waals surface area contributed by atoms with E-state index >= 15 is 0 Å². The molecule has 0 unspecified atom stereocenters. The number of benzene rings is 1. The minimum Gasteiger partial charge on any atom is -0.489 e. The van der Waals surface area contributed by atoms with E-state index in [1.165, 1.54) is 12.1 Å². The highest BCUT2D eigenvalue weighted by Gasteiger charge is 2.39. The van der Waals surface area contributed by atoms with Crippen LogP contribution in [0.4, 0.5) is 18.9 Å². The Morgan fingerprint density at radius 2 is 2.05 bits per heavy atom. The van der Waals surface area contributed by atoms with Crippen molar-refractivity contribution < 1.29 is 26.3 Å². The number of hydrogen-bond donors (Lipinski definition) is 0. The highest BCUT2D eigenvalue weighted by atomic mass is 32.2. The second-order valence-electron chi connectivity index (χ2n) is 4.39. The minimum atomic E-state index is -4.58. The van der Waals surface area contributed by atoms with E-state index in [2.05, 4.69) is 0 Å². The van der Waals surface area contributed by atoms with Crippen LogP contribution in [0.5, 0.6) is 5.75 Å². The van der Waals surface area contributed by atoms with Crippen LogP contribution in [0.3, 0.4) is 0 Å². The SMILES string of the molecule is CCCS(=O)(=O)N1CCOc2c1cccc2C(F)(F)F. The van der Waals surface area contributed by atoms with Crippen LogP contribution in [0.25, 0.3) is 0 Å². The molecule has 1 heterocycles. The number of sulfonamides is 1. The minimum absolute atomic E-state index is 0.0244. The smallest absolute Gasteiger partial charge is 0.420 e. The molecule has 112 valence electrons. The molecule has 1 aliphatic rings. The first-order valence-electron chi connectivity index (χ1n) is 6.11. The van der Waals surface area contributed by atoms with E-state index in [-0.39, 0.29) is 24.6 Å². The molecule has 0 spiro atoms. The Morgan fingerprint density at radius 1 is 1.35 bits per heavy atom. The summed E-state index contributed by atoms with van der Waals surface area (Å²) in [7, 11) is -3.62. The second-order valence-corrected chi connectivity index (χ2v) is 6.40.